The highest BCUT2D eigenvalue weighted by Crippen LogP contribution is 2.21. The van der Waals surface area contributed by atoms with Gasteiger partial charge in [-0.2, -0.15) is 12.6 Å². The van der Waals surface area contributed by atoms with Crippen LogP contribution in [-0.2, 0) is 0 Å². The van der Waals surface area contributed by atoms with Crippen molar-refractivity contribution < 1.29 is 4.42 Å². The minimum atomic E-state index is -0.444. The molecule has 0 aliphatic rings. The predicted octanol–water partition coefficient (Wildman–Crippen LogP) is 1.05. The van der Waals surface area contributed by atoms with E-state index in [4.69, 9.17) is 10.2 Å². The van der Waals surface area contributed by atoms with Crippen LogP contribution in [0, 0.1) is 0 Å². The second kappa shape index (κ2) is 3.51. The van der Waals surface area contributed by atoms with Gasteiger partial charge in [-0.25, -0.2) is 4.79 Å². The van der Waals surface area contributed by atoms with Crippen molar-refractivity contribution in [2.75, 3.05) is 6.54 Å². The van der Waals surface area contributed by atoms with E-state index in [1.54, 1.807) is 6.07 Å². The summed E-state index contributed by atoms with van der Waals surface area (Å²) < 4.78 is 4.87. The summed E-state index contributed by atoms with van der Waals surface area (Å²) in [4.78, 5) is 13.5. The molecule has 2 aromatic rings. The fourth-order valence-electron chi connectivity index (χ4n) is 1.31. The molecule has 1 atom stereocenters. The molecule has 0 saturated heterocycles. The van der Waals surface area contributed by atoms with Crippen LogP contribution in [0.1, 0.15) is 10.8 Å². The molecule has 0 aliphatic carbocycles. The highest BCUT2D eigenvalue weighted by atomic mass is 32.1. The lowest BCUT2D eigenvalue weighted by atomic mass is 10.1. The lowest BCUT2D eigenvalue weighted by Crippen LogP contribution is -2.06. The Kier molecular flexibility index (Phi) is 2.35. The average molecular weight is 210 g/mol. The molecular weight excluding hydrogens is 200 g/mol. The zero-order valence-corrected chi connectivity index (χ0v) is 8.25. The van der Waals surface area contributed by atoms with Gasteiger partial charge >= 0.3 is 5.76 Å². The van der Waals surface area contributed by atoms with Gasteiger partial charge in [0.05, 0.1) is 5.52 Å². The third-order valence-electron chi connectivity index (χ3n) is 2.05. The first kappa shape index (κ1) is 9.36. The normalized spacial score (nSPS) is 13.3. The van der Waals surface area contributed by atoms with Crippen molar-refractivity contribution in [1.82, 2.24) is 4.98 Å². The molecule has 74 valence electrons. The van der Waals surface area contributed by atoms with E-state index in [9.17, 15) is 4.79 Å². The molecule has 4 nitrogen and oxygen atoms in total. The van der Waals surface area contributed by atoms with Gasteiger partial charge in [0, 0.05) is 11.8 Å². The van der Waals surface area contributed by atoms with E-state index in [0.29, 0.717) is 17.6 Å². The van der Waals surface area contributed by atoms with Crippen molar-refractivity contribution >= 4 is 23.7 Å². The van der Waals surface area contributed by atoms with Crippen LogP contribution in [-0.4, -0.2) is 11.5 Å². The summed E-state index contributed by atoms with van der Waals surface area (Å²) in [5, 5.41) is -0.0159. The van der Waals surface area contributed by atoms with Crippen molar-refractivity contribution in [2.45, 2.75) is 5.25 Å². The first-order valence-electron chi connectivity index (χ1n) is 4.21. The maximum atomic E-state index is 10.9. The van der Waals surface area contributed by atoms with E-state index in [0.717, 1.165) is 5.56 Å². The molecule has 0 aliphatic heterocycles. The van der Waals surface area contributed by atoms with Crippen LogP contribution in [0.25, 0.3) is 11.1 Å². The average Bonchev–Trinajstić information content (AvgIpc) is 2.55. The van der Waals surface area contributed by atoms with Crippen LogP contribution < -0.4 is 11.5 Å². The molecule has 0 bridgehead atoms. The Morgan fingerprint density at radius 3 is 3.07 bits per heavy atom. The minimum absolute atomic E-state index is 0.0159. The van der Waals surface area contributed by atoms with E-state index in [2.05, 4.69) is 17.6 Å². The van der Waals surface area contributed by atoms with E-state index in [-0.39, 0.29) is 5.25 Å². The molecule has 0 radical (unpaired) electrons. The first-order chi connectivity index (χ1) is 6.70. The van der Waals surface area contributed by atoms with Gasteiger partial charge in [0.25, 0.3) is 0 Å². The summed E-state index contributed by atoms with van der Waals surface area (Å²) in [6, 6.07) is 5.41. The summed E-state index contributed by atoms with van der Waals surface area (Å²) in [6.45, 7) is 0.455. The molecule has 3 N–H and O–H groups in total. The highest BCUT2D eigenvalue weighted by Gasteiger charge is 2.07. The quantitative estimate of drug-likeness (QED) is 0.649. The topological polar surface area (TPSA) is 72.0 Å². The Morgan fingerprint density at radius 1 is 1.57 bits per heavy atom. The molecule has 2 rings (SSSR count). The predicted molar refractivity (Wildman–Crippen MR) is 57.6 cm³/mol. The highest BCUT2D eigenvalue weighted by molar-refractivity contribution is 7.80. The van der Waals surface area contributed by atoms with E-state index in [1.807, 2.05) is 12.1 Å². The summed E-state index contributed by atoms with van der Waals surface area (Å²) >= 11 is 4.30. The van der Waals surface area contributed by atoms with Gasteiger partial charge in [-0.15, -0.1) is 0 Å². The summed E-state index contributed by atoms with van der Waals surface area (Å²) in [7, 11) is 0. The number of benzene rings is 1. The maximum absolute atomic E-state index is 10.9. The molecule has 1 heterocycles. The second-order valence-corrected chi connectivity index (χ2v) is 3.64. The van der Waals surface area contributed by atoms with Gasteiger partial charge in [0.2, 0.25) is 0 Å². The smallest absolute Gasteiger partial charge is 0.408 e. The Bertz CT molecular complexity index is 503. The fourth-order valence-corrected chi connectivity index (χ4v) is 1.47. The van der Waals surface area contributed by atoms with Crippen LogP contribution in [0.2, 0.25) is 0 Å². The second-order valence-electron chi connectivity index (χ2n) is 3.02. The monoisotopic (exact) mass is 210 g/mol. The molecular formula is C9H10N2O2S. The molecule has 0 saturated carbocycles. The third-order valence-corrected chi connectivity index (χ3v) is 2.56. The lowest BCUT2D eigenvalue weighted by molar-refractivity contribution is 0.555. The molecule has 0 amide bonds. The summed E-state index contributed by atoms with van der Waals surface area (Å²) in [6.07, 6.45) is 0. The van der Waals surface area contributed by atoms with Crippen LogP contribution in [0.5, 0.6) is 0 Å². The number of nitrogens with two attached hydrogens (primary N) is 1. The number of H-pyrrole nitrogens is 1. The van der Waals surface area contributed by atoms with Gasteiger partial charge in [-0.3, -0.25) is 4.98 Å². The van der Waals surface area contributed by atoms with E-state index >= 15 is 0 Å². The van der Waals surface area contributed by atoms with Crippen LogP contribution in [0.3, 0.4) is 0 Å². The number of oxazole rings is 1. The Morgan fingerprint density at radius 2 is 2.36 bits per heavy atom. The number of rotatable bonds is 2. The number of nitrogens with one attached hydrogen (secondary N) is 1. The molecule has 0 fully saturated rings. The van der Waals surface area contributed by atoms with Crippen molar-refractivity contribution in [3.8, 4) is 0 Å². The van der Waals surface area contributed by atoms with Crippen LogP contribution in [0.15, 0.2) is 27.4 Å². The zero-order valence-electron chi connectivity index (χ0n) is 7.36. The summed E-state index contributed by atoms with van der Waals surface area (Å²) in [5.41, 5.74) is 7.69. The number of thiol groups is 1. The Hall–Kier alpha value is -1.20. The van der Waals surface area contributed by atoms with Gasteiger partial charge in [0.1, 0.15) is 0 Å². The maximum Gasteiger partial charge on any atom is 0.417 e. The van der Waals surface area contributed by atoms with Gasteiger partial charge < -0.3 is 10.2 Å². The Labute approximate surface area is 85.5 Å². The fraction of sp³-hybridized carbons (Fsp3) is 0.222. The van der Waals surface area contributed by atoms with Crippen molar-refractivity contribution in [2.24, 2.45) is 5.73 Å². The van der Waals surface area contributed by atoms with Gasteiger partial charge in [-0.05, 0) is 17.7 Å². The van der Waals surface area contributed by atoms with Crippen molar-refractivity contribution in [3.63, 3.8) is 0 Å². The zero-order chi connectivity index (χ0) is 10.1. The van der Waals surface area contributed by atoms with E-state index in [1.165, 1.54) is 0 Å². The number of hydrogen-bond donors (Lipinski definition) is 3. The number of aromatic amines is 1. The molecule has 1 aromatic heterocycles. The third kappa shape index (κ3) is 1.56. The molecule has 1 aromatic carbocycles. The summed E-state index contributed by atoms with van der Waals surface area (Å²) in [5.74, 6) is -0.444. The molecule has 14 heavy (non-hydrogen) atoms. The van der Waals surface area contributed by atoms with Crippen molar-refractivity contribution in [3.05, 3.63) is 34.3 Å². The van der Waals surface area contributed by atoms with E-state index < -0.39 is 5.76 Å². The van der Waals surface area contributed by atoms with Gasteiger partial charge in [0.15, 0.2) is 5.58 Å². The SMILES string of the molecule is NCC(S)c1ccc2oc(=O)[nH]c2c1. The minimum Gasteiger partial charge on any atom is -0.408 e. The van der Waals surface area contributed by atoms with Crippen molar-refractivity contribution in [1.29, 1.82) is 0 Å². The van der Waals surface area contributed by atoms with Crippen LogP contribution >= 0.6 is 12.6 Å². The molecule has 5 heteroatoms. The Balaban J connectivity index is 2.55. The van der Waals surface area contributed by atoms with Crippen LogP contribution in [0.4, 0.5) is 0 Å². The largest absolute Gasteiger partial charge is 0.417 e. The standard InChI is InChI=1S/C9H10N2O2S/c10-4-8(14)5-1-2-7-6(3-5)11-9(12)13-7/h1-3,8,14H,4,10H2,(H,11,12). The number of hydrogen-bond acceptors (Lipinski definition) is 4. The van der Waals surface area contributed by atoms with Gasteiger partial charge in [-0.1, -0.05) is 6.07 Å². The number of fused-ring (bicyclic) bond motifs is 1. The first-order valence-corrected chi connectivity index (χ1v) is 4.73. The molecule has 1 unspecified atom stereocenters. The lowest BCUT2D eigenvalue weighted by Gasteiger charge is -2.06. The molecule has 0 spiro atoms. The number of aromatic nitrogens is 1.